The molecule has 0 aliphatic carbocycles. The van der Waals surface area contributed by atoms with E-state index in [9.17, 15) is 8.42 Å². The molecule has 0 radical (unpaired) electrons. The molecule has 0 aromatic carbocycles. The quantitative estimate of drug-likeness (QED) is 0.725. The predicted molar refractivity (Wildman–Crippen MR) is 73.1 cm³/mol. The maximum Gasteiger partial charge on any atom is 0.258 e. The molecule has 0 saturated heterocycles. The molecule has 1 aromatic heterocycles. The number of hydrogen-bond acceptors (Lipinski definition) is 4. The van der Waals surface area contributed by atoms with Gasteiger partial charge in [-0.05, 0) is 19.3 Å². The largest absolute Gasteiger partial charge is 0.335 e. The molecule has 0 amide bonds. The number of nitrogens with two attached hydrogens (primary N) is 1. The van der Waals surface area contributed by atoms with Crippen LogP contribution >= 0.6 is 12.4 Å². The maximum absolute atomic E-state index is 12.0. The van der Waals surface area contributed by atoms with Gasteiger partial charge < -0.3 is 10.7 Å². The van der Waals surface area contributed by atoms with Crippen LogP contribution in [-0.4, -0.2) is 30.5 Å². The summed E-state index contributed by atoms with van der Waals surface area (Å²) < 4.78 is 26.7. The molecule has 8 heteroatoms. The third kappa shape index (κ3) is 4.56. The van der Waals surface area contributed by atoms with Crippen molar-refractivity contribution in [1.82, 2.24) is 14.7 Å². The minimum atomic E-state index is -3.58. The molecule has 1 heterocycles. The van der Waals surface area contributed by atoms with Gasteiger partial charge in [0.1, 0.15) is 0 Å². The van der Waals surface area contributed by atoms with E-state index in [2.05, 4.69) is 14.7 Å². The molecule has 0 saturated carbocycles. The molecule has 1 atom stereocenters. The highest BCUT2D eigenvalue weighted by atomic mass is 35.5. The zero-order valence-electron chi connectivity index (χ0n) is 10.8. The van der Waals surface area contributed by atoms with Gasteiger partial charge in [0.15, 0.2) is 5.03 Å². The van der Waals surface area contributed by atoms with Gasteiger partial charge in [-0.3, -0.25) is 0 Å². The van der Waals surface area contributed by atoms with Crippen molar-refractivity contribution in [3.63, 3.8) is 0 Å². The molecule has 0 fully saturated rings. The molecule has 0 aliphatic heterocycles. The van der Waals surface area contributed by atoms with Crippen molar-refractivity contribution in [3.05, 3.63) is 12.5 Å². The fourth-order valence-corrected chi connectivity index (χ4v) is 3.17. The number of H-pyrrole nitrogens is 1. The molecule has 1 rings (SSSR count). The van der Waals surface area contributed by atoms with Gasteiger partial charge in [-0.15, -0.1) is 12.4 Å². The van der Waals surface area contributed by atoms with E-state index in [0.29, 0.717) is 12.3 Å². The molecule has 6 nitrogen and oxygen atoms in total. The van der Waals surface area contributed by atoms with Gasteiger partial charge >= 0.3 is 0 Å². The van der Waals surface area contributed by atoms with Crippen LogP contribution in [-0.2, 0) is 10.0 Å². The second kappa shape index (κ2) is 6.51. The van der Waals surface area contributed by atoms with E-state index in [-0.39, 0.29) is 24.0 Å². The Morgan fingerprint density at radius 2 is 2.17 bits per heavy atom. The van der Waals surface area contributed by atoms with Gasteiger partial charge in [0, 0.05) is 12.1 Å². The van der Waals surface area contributed by atoms with E-state index in [1.54, 1.807) is 6.92 Å². The monoisotopic (exact) mass is 296 g/mol. The van der Waals surface area contributed by atoms with Crippen molar-refractivity contribution < 1.29 is 8.42 Å². The van der Waals surface area contributed by atoms with Crippen LogP contribution in [0.1, 0.15) is 27.2 Å². The molecule has 106 valence electrons. The zero-order valence-corrected chi connectivity index (χ0v) is 12.4. The second-order valence-corrected chi connectivity index (χ2v) is 6.53. The highest BCUT2D eigenvalue weighted by Gasteiger charge is 2.30. The number of sulfonamides is 1. The highest BCUT2D eigenvalue weighted by molar-refractivity contribution is 7.89. The van der Waals surface area contributed by atoms with Crippen LogP contribution in [0.2, 0.25) is 0 Å². The minimum Gasteiger partial charge on any atom is -0.335 e. The summed E-state index contributed by atoms with van der Waals surface area (Å²) in [5, 5.41) is 0.0564. The Kier molecular flexibility index (Phi) is 6.28. The van der Waals surface area contributed by atoms with E-state index in [1.165, 1.54) is 12.5 Å². The standard InChI is InChI=1S/C10H20N4O2S.ClH/c1-8(2)4-10(3,6-11)14-17(15,16)9-5-12-7-13-9;/h5,7-8,14H,4,6,11H2,1-3H3,(H,12,13);1H. The number of imidazole rings is 1. The van der Waals surface area contributed by atoms with Crippen LogP contribution in [0.5, 0.6) is 0 Å². The van der Waals surface area contributed by atoms with E-state index < -0.39 is 15.6 Å². The van der Waals surface area contributed by atoms with Gasteiger partial charge in [0.25, 0.3) is 10.0 Å². The Labute approximate surface area is 114 Å². The van der Waals surface area contributed by atoms with E-state index in [0.717, 1.165) is 0 Å². The Hall–Kier alpha value is -0.630. The van der Waals surface area contributed by atoms with E-state index in [1.807, 2.05) is 13.8 Å². The van der Waals surface area contributed by atoms with Crippen LogP contribution < -0.4 is 10.5 Å². The maximum atomic E-state index is 12.0. The van der Waals surface area contributed by atoms with Crippen LogP contribution in [0.3, 0.4) is 0 Å². The summed E-state index contributed by atoms with van der Waals surface area (Å²) in [6.07, 6.45) is 3.28. The molecular formula is C10H21ClN4O2S. The van der Waals surface area contributed by atoms with E-state index >= 15 is 0 Å². The SMILES string of the molecule is CC(C)CC(C)(CN)NS(=O)(=O)c1cnc[nH]1.Cl. The first-order valence-electron chi connectivity index (χ1n) is 5.51. The minimum absolute atomic E-state index is 0. The lowest BCUT2D eigenvalue weighted by Crippen LogP contribution is -2.52. The van der Waals surface area contributed by atoms with Crippen molar-refractivity contribution in [1.29, 1.82) is 0 Å². The summed E-state index contributed by atoms with van der Waals surface area (Å²) in [7, 11) is -3.58. The first-order valence-corrected chi connectivity index (χ1v) is 7.00. The molecule has 4 N–H and O–H groups in total. The average Bonchev–Trinajstić information content (AvgIpc) is 2.68. The predicted octanol–water partition coefficient (Wildman–Crippen LogP) is 0.873. The number of hydrogen-bond donors (Lipinski definition) is 3. The van der Waals surface area contributed by atoms with Gasteiger partial charge in [-0.25, -0.2) is 18.1 Å². The number of nitrogens with one attached hydrogen (secondary N) is 2. The Morgan fingerprint density at radius 1 is 1.56 bits per heavy atom. The molecule has 1 aromatic rings. The van der Waals surface area contributed by atoms with E-state index in [4.69, 9.17) is 5.73 Å². The van der Waals surface area contributed by atoms with Crippen LogP contribution in [0.25, 0.3) is 0 Å². The van der Waals surface area contributed by atoms with Crippen molar-refractivity contribution in [2.24, 2.45) is 11.7 Å². The fraction of sp³-hybridized carbons (Fsp3) is 0.700. The van der Waals surface area contributed by atoms with Gasteiger partial charge in [-0.2, -0.15) is 0 Å². The van der Waals surface area contributed by atoms with Crippen LogP contribution in [0.15, 0.2) is 17.6 Å². The first kappa shape index (κ1) is 17.4. The van der Waals surface area contributed by atoms with Crippen molar-refractivity contribution >= 4 is 22.4 Å². The Bertz CT molecular complexity index is 446. The molecule has 18 heavy (non-hydrogen) atoms. The number of aromatic amines is 1. The summed E-state index contributed by atoms with van der Waals surface area (Å²) >= 11 is 0. The second-order valence-electron chi connectivity index (χ2n) is 4.88. The lowest BCUT2D eigenvalue weighted by atomic mass is 9.92. The summed E-state index contributed by atoms with van der Waals surface area (Å²) in [6.45, 7) is 6.11. The third-order valence-electron chi connectivity index (χ3n) is 2.45. The summed E-state index contributed by atoms with van der Waals surface area (Å²) in [5.41, 5.74) is 5.02. The Morgan fingerprint density at radius 3 is 2.56 bits per heavy atom. The number of rotatable bonds is 6. The lowest BCUT2D eigenvalue weighted by molar-refractivity contribution is 0.344. The van der Waals surface area contributed by atoms with Gasteiger partial charge in [-0.1, -0.05) is 13.8 Å². The molecule has 0 spiro atoms. The zero-order chi connectivity index (χ0) is 13.1. The fourth-order valence-electron chi connectivity index (χ4n) is 1.84. The molecule has 1 unspecified atom stereocenters. The smallest absolute Gasteiger partial charge is 0.258 e. The number of halogens is 1. The topological polar surface area (TPSA) is 101 Å². The Balaban J connectivity index is 0.00000289. The van der Waals surface area contributed by atoms with Crippen molar-refractivity contribution in [2.45, 2.75) is 37.8 Å². The summed E-state index contributed by atoms with van der Waals surface area (Å²) in [6, 6.07) is 0. The first-order chi connectivity index (χ1) is 7.79. The molecule has 0 aliphatic rings. The normalized spacial score (nSPS) is 15.2. The molecular weight excluding hydrogens is 276 g/mol. The van der Waals surface area contributed by atoms with Crippen LogP contribution in [0, 0.1) is 5.92 Å². The molecule has 0 bridgehead atoms. The number of nitrogens with zero attached hydrogens (tertiary/aromatic N) is 1. The third-order valence-corrected chi connectivity index (χ3v) is 4.02. The summed E-state index contributed by atoms with van der Waals surface area (Å²) in [4.78, 5) is 6.27. The van der Waals surface area contributed by atoms with Crippen LogP contribution in [0.4, 0.5) is 0 Å². The van der Waals surface area contributed by atoms with Crippen molar-refractivity contribution in [3.8, 4) is 0 Å². The van der Waals surface area contributed by atoms with Gasteiger partial charge in [0.05, 0.1) is 12.5 Å². The number of aromatic nitrogens is 2. The van der Waals surface area contributed by atoms with Gasteiger partial charge in [0.2, 0.25) is 0 Å². The average molecular weight is 297 g/mol. The highest BCUT2D eigenvalue weighted by Crippen LogP contribution is 2.18. The lowest BCUT2D eigenvalue weighted by Gasteiger charge is -2.30. The summed E-state index contributed by atoms with van der Waals surface area (Å²) in [5.74, 6) is 0.355. The van der Waals surface area contributed by atoms with Crippen molar-refractivity contribution in [2.75, 3.05) is 6.54 Å².